The molecule has 2 unspecified atom stereocenters. The van der Waals surface area contributed by atoms with E-state index in [2.05, 4.69) is 22.4 Å². The summed E-state index contributed by atoms with van der Waals surface area (Å²) >= 11 is 11.9. The third kappa shape index (κ3) is 4.58. The molecule has 0 bridgehead atoms. The Morgan fingerprint density at radius 2 is 1.95 bits per heavy atom. The molecule has 1 aromatic heterocycles. The number of halogens is 3. The minimum atomic E-state index is -0.0177. The standard InChI is InChI=1S/C14H17Cl2N3O.ClH/c1-8(17-3)6-13-18-14(20-19-13)9(2)10-4-5-11(15)12(16)7-10;/h4-5,7-9,17H,6H2,1-3H3;1H. The van der Waals surface area contributed by atoms with Gasteiger partial charge in [0.2, 0.25) is 5.89 Å². The highest BCUT2D eigenvalue weighted by Gasteiger charge is 2.18. The number of nitrogens with zero attached hydrogens (tertiary/aromatic N) is 2. The van der Waals surface area contributed by atoms with E-state index in [4.69, 9.17) is 27.7 Å². The number of aromatic nitrogens is 2. The maximum atomic E-state index is 6.03. The van der Waals surface area contributed by atoms with Crippen LogP contribution < -0.4 is 5.32 Å². The molecule has 0 saturated carbocycles. The van der Waals surface area contributed by atoms with Gasteiger partial charge < -0.3 is 9.84 Å². The van der Waals surface area contributed by atoms with Crippen molar-refractivity contribution in [3.8, 4) is 0 Å². The molecule has 4 nitrogen and oxygen atoms in total. The molecule has 2 aromatic rings. The van der Waals surface area contributed by atoms with Crippen molar-refractivity contribution in [2.75, 3.05) is 7.05 Å². The van der Waals surface area contributed by atoms with E-state index in [1.165, 1.54) is 0 Å². The molecule has 21 heavy (non-hydrogen) atoms. The number of hydrogen-bond acceptors (Lipinski definition) is 4. The third-order valence-corrected chi connectivity index (χ3v) is 4.02. The molecule has 1 heterocycles. The first-order valence-electron chi connectivity index (χ1n) is 6.46. The van der Waals surface area contributed by atoms with Gasteiger partial charge in [-0.05, 0) is 38.6 Å². The molecule has 7 heteroatoms. The van der Waals surface area contributed by atoms with Crippen molar-refractivity contribution in [3.63, 3.8) is 0 Å². The van der Waals surface area contributed by atoms with Gasteiger partial charge in [-0.25, -0.2) is 0 Å². The molecule has 0 aliphatic heterocycles. The monoisotopic (exact) mass is 349 g/mol. The molecule has 2 rings (SSSR count). The molecule has 0 amide bonds. The molecular formula is C14H18Cl3N3O. The van der Waals surface area contributed by atoms with Gasteiger partial charge in [-0.1, -0.05) is 34.4 Å². The summed E-state index contributed by atoms with van der Waals surface area (Å²) in [5, 5.41) is 8.21. The van der Waals surface area contributed by atoms with Crippen LogP contribution in [0.5, 0.6) is 0 Å². The molecule has 0 radical (unpaired) electrons. The molecule has 0 saturated heterocycles. The Morgan fingerprint density at radius 3 is 2.57 bits per heavy atom. The molecule has 1 aromatic carbocycles. The highest BCUT2D eigenvalue weighted by molar-refractivity contribution is 6.42. The fourth-order valence-electron chi connectivity index (χ4n) is 1.83. The van der Waals surface area contributed by atoms with Crippen LogP contribution in [0.15, 0.2) is 22.7 Å². The second-order valence-electron chi connectivity index (χ2n) is 4.84. The summed E-state index contributed by atoms with van der Waals surface area (Å²) in [7, 11) is 1.91. The van der Waals surface area contributed by atoms with Crippen molar-refractivity contribution in [2.45, 2.75) is 32.2 Å². The fraction of sp³-hybridized carbons (Fsp3) is 0.429. The SMILES string of the molecule is CNC(C)Cc1noc(C(C)c2ccc(Cl)c(Cl)c2)n1.Cl. The fourth-order valence-corrected chi connectivity index (χ4v) is 2.13. The van der Waals surface area contributed by atoms with Gasteiger partial charge in [0.1, 0.15) is 0 Å². The number of likely N-dealkylation sites (N-methyl/N-ethyl adjacent to an activating group) is 1. The van der Waals surface area contributed by atoms with E-state index in [-0.39, 0.29) is 18.3 Å². The van der Waals surface area contributed by atoms with E-state index in [1.54, 1.807) is 6.07 Å². The van der Waals surface area contributed by atoms with Crippen molar-refractivity contribution in [1.29, 1.82) is 0 Å². The first-order valence-corrected chi connectivity index (χ1v) is 7.21. The van der Waals surface area contributed by atoms with E-state index in [0.717, 1.165) is 12.0 Å². The zero-order chi connectivity index (χ0) is 14.7. The average molecular weight is 351 g/mol. The Bertz CT molecular complexity index is 589. The predicted octanol–water partition coefficient (Wildman–Crippen LogP) is 4.10. The van der Waals surface area contributed by atoms with Gasteiger partial charge in [-0.2, -0.15) is 4.98 Å². The molecule has 0 aliphatic carbocycles. The van der Waals surface area contributed by atoms with Crippen molar-refractivity contribution in [1.82, 2.24) is 15.5 Å². The Balaban J connectivity index is 0.00000220. The van der Waals surface area contributed by atoms with Crippen LogP contribution in [0.2, 0.25) is 10.0 Å². The molecule has 2 atom stereocenters. The number of nitrogens with one attached hydrogen (secondary N) is 1. The molecule has 0 aliphatic rings. The molecular weight excluding hydrogens is 333 g/mol. The first-order chi connectivity index (χ1) is 9.51. The summed E-state index contributed by atoms with van der Waals surface area (Å²) in [6.07, 6.45) is 0.730. The highest BCUT2D eigenvalue weighted by atomic mass is 35.5. The van der Waals surface area contributed by atoms with Crippen molar-refractivity contribution < 1.29 is 4.52 Å². The normalized spacial score (nSPS) is 13.6. The lowest BCUT2D eigenvalue weighted by Crippen LogP contribution is -2.24. The average Bonchev–Trinajstić information content (AvgIpc) is 2.89. The summed E-state index contributed by atoms with van der Waals surface area (Å²) in [5.74, 6) is 1.27. The maximum Gasteiger partial charge on any atom is 0.233 e. The summed E-state index contributed by atoms with van der Waals surface area (Å²) in [5.41, 5.74) is 0.997. The Hall–Kier alpha value is -0.810. The van der Waals surface area contributed by atoms with Crippen molar-refractivity contribution >= 4 is 35.6 Å². The summed E-state index contributed by atoms with van der Waals surface area (Å²) < 4.78 is 5.33. The highest BCUT2D eigenvalue weighted by Crippen LogP contribution is 2.29. The van der Waals surface area contributed by atoms with Crippen LogP contribution in [-0.2, 0) is 6.42 Å². The van der Waals surface area contributed by atoms with Gasteiger partial charge >= 0.3 is 0 Å². The predicted molar refractivity (Wildman–Crippen MR) is 87.8 cm³/mol. The minimum absolute atomic E-state index is 0. The molecule has 0 spiro atoms. The number of hydrogen-bond donors (Lipinski definition) is 1. The van der Waals surface area contributed by atoms with E-state index < -0.39 is 0 Å². The molecule has 1 N–H and O–H groups in total. The minimum Gasteiger partial charge on any atom is -0.339 e. The van der Waals surface area contributed by atoms with Crippen LogP contribution in [0.3, 0.4) is 0 Å². The summed E-state index contributed by atoms with van der Waals surface area (Å²) in [4.78, 5) is 4.43. The Kier molecular flexibility index (Phi) is 6.94. The lowest BCUT2D eigenvalue weighted by atomic mass is 10.0. The van der Waals surface area contributed by atoms with E-state index in [1.807, 2.05) is 26.1 Å². The van der Waals surface area contributed by atoms with Crippen molar-refractivity contribution in [3.05, 3.63) is 45.5 Å². The van der Waals surface area contributed by atoms with Crippen LogP contribution in [0.25, 0.3) is 0 Å². The van der Waals surface area contributed by atoms with Gasteiger partial charge in [0, 0.05) is 12.5 Å². The Morgan fingerprint density at radius 1 is 1.24 bits per heavy atom. The number of rotatable bonds is 5. The first kappa shape index (κ1) is 18.2. The van der Waals surface area contributed by atoms with E-state index in [9.17, 15) is 0 Å². The lowest BCUT2D eigenvalue weighted by molar-refractivity contribution is 0.364. The van der Waals surface area contributed by atoms with E-state index in [0.29, 0.717) is 27.8 Å². The summed E-state index contributed by atoms with van der Waals surface area (Å²) in [6, 6.07) is 5.82. The second kappa shape index (κ2) is 7.99. The smallest absolute Gasteiger partial charge is 0.233 e. The summed E-state index contributed by atoms with van der Waals surface area (Å²) in [6.45, 7) is 4.07. The van der Waals surface area contributed by atoms with Crippen LogP contribution in [0.1, 0.15) is 37.0 Å². The van der Waals surface area contributed by atoms with Gasteiger partial charge in [0.25, 0.3) is 0 Å². The zero-order valence-electron chi connectivity index (χ0n) is 12.1. The largest absolute Gasteiger partial charge is 0.339 e. The van der Waals surface area contributed by atoms with Crippen molar-refractivity contribution in [2.24, 2.45) is 0 Å². The van der Waals surface area contributed by atoms with Crippen LogP contribution in [-0.4, -0.2) is 23.2 Å². The van der Waals surface area contributed by atoms with Gasteiger partial charge in [-0.3, -0.25) is 0 Å². The maximum absolute atomic E-state index is 6.03. The molecule has 116 valence electrons. The van der Waals surface area contributed by atoms with Gasteiger partial charge in [0.05, 0.1) is 16.0 Å². The molecule has 0 fully saturated rings. The topological polar surface area (TPSA) is 51.0 Å². The third-order valence-electron chi connectivity index (χ3n) is 3.28. The van der Waals surface area contributed by atoms with Gasteiger partial charge in [-0.15, -0.1) is 12.4 Å². The lowest BCUT2D eigenvalue weighted by Gasteiger charge is -2.08. The van der Waals surface area contributed by atoms with E-state index >= 15 is 0 Å². The number of benzene rings is 1. The second-order valence-corrected chi connectivity index (χ2v) is 5.65. The Labute approximate surface area is 140 Å². The quantitative estimate of drug-likeness (QED) is 0.882. The van der Waals surface area contributed by atoms with Crippen LogP contribution in [0.4, 0.5) is 0 Å². The zero-order valence-corrected chi connectivity index (χ0v) is 14.4. The van der Waals surface area contributed by atoms with Crippen LogP contribution >= 0.6 is 35.6 Å². The van der Waals surface area contributed by atoms with Gasteiger partial charge in [0.15, 0.2) is 5.82 Å². The van der Waals surface area contributed by atoms with Crippen LogP contribution in [0, 0.1) is 0 Å².